The van der Waals surface area contributed by atoms with Crippen LogP contribution in [-0.4, -0.2) is 38.5 Å². The van der Waals surface area contributed by atoms with E-state index in [9.17, 15) is 0 Å². The fraction of sp³-hybridized carbons (Fsp3) is 1.00. The maximum atomic E-state index is 5.79. The van der Waals surface area contributed by atoms with Gasteiger partial charge in [0.15, 0.2) is 0 Å². The Bertz CT molecular complexity index is 152. The molecule has 1 rings (SSSR count). The van der Waals surface area contributed by atoms with Crippen LogP contribution in [0.3, 0.4) is 0 Å². The third kappa shape index (κ3) is 3.56. The van der Waals surface area contributed by atoms with Crippen molar-refractivity contribution in [3.63, 3.8) is 0 Å². The van der Waals surface area contributed by atoms with Crippen LogP contribution in [0.25, 0.3) is 0 Å². The van der Waals surface area contributed by atoms with Crippen molar-refractivity contribution in [2.24, 2.45) is 0 Å². The summed E-state index contributed by atoms with van der Waals surface area (Å²) in [6, 6.07) is 1.16. The van der Waals surface area contributed by atoms with E-state index >= 15 is 0 Å². The third-order valence-corrected chi connectivity index (χ3v) is 2.89. The number of piperidine rings is 1. The van der Waals surface area contributed by atoms with Crippen molar-refractivity contribution in [2.75, 3.05) is 20.3 Å². The van der Waals surface area contributed by atoms with Crippen LogP contribution in [-0.2, 0) is 9.47 Å². The lowest BCUT2D eigenvalue weighted by Crippen LogP contribution is -2.50. The predicted octanol–water partition coefficient (Wildman–Crippen LogP) is 1.57. The first-order valence-corrected chi connectivity index (χ1v) is 5.64. The fourth-order valence-corrected chi connectivity index (χ4v) is 2.03. The number of hydrogen-bond donors (Lipinski definition) is 1. The number of nitrogens with one attached hydrogen (secondary N) is 1. The minimum Gasteiger partial charge on any atom is -0.382 e. The molecule has 0 saturated carbocycles. The van der Waals surface area contributed by atoms with Gasteiger partial charge in [0.2, 0.25) is 0 Å². The first-order chi connectivity index (χ1) is 6.77. The van der Waals surface area contributed by atoms with Gasteiger partial charge in [-0.1, -0.05) is 6.92 Å². The van der Waals surface area contributed by atoms with Gasteiger partial charge in [-0.05, 0) is 26.2 Å². The van der Waals surface area contributed by atoms with Gasteiger partial charge in [-0.2, -0.15) is 0 Å². The molecule has 0 spiro atoms. The van der Waals surface area contributed by atoms with Gasteiger partial charge in [0.25, 0.3) is 0 Å². The molecule has 3 unspecified atom stereocenters. The fourth-order valence-electron chi connectivity index (χ4n) is 2.03. The van der Waals surface area contributed by atoms with E-state index in [1.807, 2.05) is 0 Å². The molecule has 1 aliphatic heterocycles. The van der Waals surface area contributed by atoms with Crippen molar-refractivity contribution in [3.8, 4) is 0 Å². The molecule has 0 aromatic rings. The SMILES string of the molecule is CCC1NC(C)CCC1OCCOC. The molecule has 1 N–H and O–H groups in total. The third-order valence-electron chi connectivity index (χ3n) is 2.89. The molecule has 0 aromatic carbocycles. The van der Waals surface area contributed by atoms with Gasteiger partial charge in [-0.25, -0.2) is 0 Å². The molecule has 0 amide bonds. The molecule has 0 bridgehead atoms. The largest absolute Gasteiger partial charge is 0.382 e. The Balaban J connectivity index is 2.27. The molecular weight excluding hydrogens is 178 g/mol. The normalized spacial score (nSPS) is 33.2. The van der Waals surface area contributed by atoms with E-state index in [4.69, 9.17) is 9.47 Å². The topological polar surface area (TPSA) is 30.5 Å². The zero-order valence-electron chi connectivity index (χ0n) is 9.58. The van der Waals surface area contributed by atoms with E-state index in [-0.39, 0.29) is 0 Å². The molecule has 3 nitrogen and oxygen atoms in total. The van der Waals surface area contributed by atoms with E-state index in [0.29, 0.717) is 31.4 Å². The molecular formula is C11H23NO2. The van der Waals surface area contributed by atoms with Gasteiger partial charge in [0.1, 0.15) is 0 Å². The zero-order valence-corrected chi connectivity index (χ0v) is 9.58. The molecule has 0 aliphatic carbocycles. The maximum Gasteiger partial charge on any atom is 0.0729 e. The molecule has 14 heavy (non-hydrogen) atoms. The van der Waals surface area contributed by atoms with Crippen molar-refractivity contribution >= 4 is 0 Å². The average molecular weight is 201 g/mol. The lowest BCUT2D eigenvalue weighted by molar-refractivity contribution is -0.0219. The minimum absolute atomic E-state index is 0.381. The van der Waals surface area contributed by atoms with Crippen LogP contribution in [0.5, 0.6) is 0 Å². The summed E-state index contributed by atoms with van der Waals surface area (Å²) in [6.45, 7) is 5.87. The summed E-state index contributed by atoms with van der Waals surface area (Å²) < 4.78 is 10.8. The van der Waals surface area contributed by atoms with Crippen molar-refractivity contribution < 1.29 is 9.47 Å². The van der Waals surface area contributed by atoms with Gasteiger partial charge in [-0.3, -0.25) is 0 Å². The Kier molecular flexibility index (Phi) is 5.45. The first-order valence-electron chi connectivity index (χ1n) is 5.64. The first kappa shape index (κ1) is 12.0. The summed E-state index contributed by atoms with van der Waals surface area (Å²) in [4.78, 5) is 0. The Hall–Kier alpha value is -0.120. The maximum absolute atomic E-state index is 5.79. The van der Waals surface area contributed by atoms with Crippen molar-refractivity contribution in [2.45, 2.75) is 51.3 Å². The molecule has 3 heteroatoms. The minimum atomic E-state index is 0.381. The summed E-state index contributed by atoms with van der Waals surface area (Å²) in [6.07, 6.45) is 3.92. The van der Waals surface area contributed by atoms with Gasteiger partial charge in [0, 0.05) is 19.2 Å². The van der Waals surface area contributed by atoms with Crippen molar-refractivity contribution in [1.29, 1.82) is 0 Å². The Morgan fingerprint density at radius 3 is 2.71 bits per heavy atom. The molecule has 1 aliphatic rings. The van der Waals surface area contributed by atoms with Crippen LogP contribution in [0.1, 0.15) is 33.1 Å². The van der Waals surface area contributed by atoms with E-state index in [0.717, 1.165) is 6.42 Å². The van der Waals surface area contributed by atoms with Crippen molar-refractivity contribution in [1.82, 2.24) is 5.32 Å². The van der Waals surface area contributed by atoms with E-state index in [2.05, 4.69) is 19.2 Å². The molecule has 1 saturated heterocycles. The molecule has 0 radical (unpaired) electrons. The number of ether oxygens (including phenoxy) is 2. The van der Waals surface area contributed by atoms with Crippen LogP contribution in [0.2, 0.25) is 0 Å². The number of hydrogen-bond acceptors (Lipinski definition) is 3. The number of methoxy groups -OCH3 is 1. The highest BCUT2D eigenvalue weighted by molar-refractivity contribution is 4.84. The molecule has 1 heterocycles. The standard InChI is InChI=1S/C11H23NO2/c1-4-10-11(14-8-7-13-3)6-5-9(2)12-10/h9-12H,4-8H2,1-3H3. The molecule has 3 atom stereocenters. The second-order valence-corrected chi connectivity index (χ2v) is 4.06. The van der Waals surface area contributed by atoms with Crippen LogP contribution < -0.4 is 5.32 Å². The van der Waals surface area contributed by atoms with Crippen LogP contribution in [0.15, 0.2) is 0 Å². The Morgan fingerprint density at radius 1 is 1.29 bits per heavy atom. The zero-order chi connectivity index (χ0) is 10.4. The van der Waals surface area contributed by atoms with Crippen LogP contribution in [0.4, 0.5) is 0 Å². The summed E-state index contributed by atoms with van der Waals surface area (Å²) in [7, 11) is 1.71. The summed E-state index contributed by atoms with van der Waals surface area (Å²) >= 11 is 0. The second-order valence-electron chi connectivity index (χ2n) is 4.06. The second kappa shape index (κ2) is 6.38. The van der Waals surface area contributed by atoms with E-state index in [1.54, 1.807) is 7.11 Å². The molecule has 84 valence electrons. The lowest BCUT2D eigenvalue weighted by atomic mass is 9.95. The average Bonchev–Trinajstić information content (AvgIpc) is 2.20. The lowest BCUT2D eigenvalue weighted by Gasteiger charge is -2.35. The summed E-state index contributed by atoms with van der Waals surface area (Å²) in [5.41, 5.74) is 0. The van der Waals surface area contributed by atoms with Crippen LogP contribution >= 0.6 is 0 Å². The molecule has 0 aromatic heterocycles. The summed E-state index contributed by atoms with van der Waals surface area (Å²) in [5, 5.41) is 3.58. The van der Waals surface area contributed by atoms with Gasteiger partial charge in [0.05, 0.1) is 19.3 Å². The Morgan fingerprint density at radius 2 is 2.07 bits per heavy atom. The van der Waals surface area contributed by atoms with Gasteiger partial charge >= 0.3 is 0 Å². The van der Waals surface area contributed by atoms with Crippen LogP contribution in [0, 0.1) is 0 Å². The highest BCUT2D eigenvalue weighted by atomic mass is 16.5. The van der Waals surface area contributed by atoms with Gasteiger partial charge < -0.3 is 14.8 Å². The quantitative estimate of drug-likeness (QED) is 0.685. The van der Waals surface area contributed by atoms with E-state index < -0.39 is 0 Å². The smallest absolute Gasteiger partial charge is 0.0729 e. The predicted molar refractivity (Wildman–Crippen MR) is 57.5 cm³/mol. The molecule has 1 fully saturated rings. The van der Waals surface area contributed by atoms with E-state index in [1.165, 1.54) is 12.8 Å². The number of rotatable bonds is 5. The highest BCUT2D eigenvalue weighted by Crippen LogP contribution is 2.18. The Labute approximate surface area is 87.2 Å². The van der Waals surface area contributed by atoms with Gasteiger partial charge in [-0.15, -0.1) is 0 Å². The summed E-state index contributed by atoms with van der Waals surface area (Å²) in [5.74, 6) is 0. The monoisotopic (exact) mass is 201 g/mol. The van der Waals surface area contributed by atoms with Crippen molar-refractivity contribution in [3.05, 3.63) is 0 Å². The highest BCUT2D eigenvalue weighted by Gasteiger charge is 2.26.